The highest BCUT2D eigenvalue weighted by molar-refractivity contribution is 6.42. The summed E-state index contributed by atoms with van der Waals surface area (Å²) in [7, 11) is 0. The van der Waals surface area contributed by atoms with E-state index < -0.39 is 16.9 Å². The smallest absolute Gasteiger partial charge is 0.322 e. The van der Waals surface area contributed by atoms with Crippen molar-refractivity contribution in [1.82, 2.24) is 15.1 Å². The van der Waals surface area contributed by atoms with Crippen molar-refractivity contribution in [3.63, 3.8) is 0 Å². The fourth-order valence-corrected chi connectivity index (χ4v) is 5.10. The first kappa shape index (κ1) is 30.1. The second-order valence-electron chi connectivity index (χ2n) is 9.52. The zero-order valence-electron chi connectivity index (χ0n) is 21.9. The number of amides is 4. The Balaban J connectivity index is 1.47. The third-order valence-corrected chi connectivity index (χ3v) is 7.72. The van der Waals surface area contributed by atoms with Crippen LogP contribution in [0.3, 0.4) is 0 Å². The molecular weight excluding hydrogens is 593 g/mol. The molecule has 3 aromatic carbocycles. The number of nitrogens with one attached hydrogen (secondary N) is 2. The van der Waals surface area contributed by atoms with Crippen LogP contribution in [0.5, 0.6) is 0 Å². The van der Waals surface area contributed by atoms with Crippen molar-refractivity contribution in [1.29, 1.82) is 0 Å². The van der Waals surface area contributed by atoms with Crippen LogP contribution >= 0.6 is 34.8 Å². The van der Waals surface area contributed by atoms with E-state index in [2.05, 4.69) is 10.6 Å². The predicted octanol–water partition coefficient (Wildman–Crippen LogP) is 5.66. The van der Waals surface area contributed by atoms with Gasteiger partial charge in [0, 0.05) is 49.9 Å². The lowest BCUT2D eigenvalue weighted by Crippen LogP contribution is -2.60. The van der Waals surface area contributed by atoms with E-state index in [0.29, 0.717) is 15.7 Å². The summed E-state index contributed by atoms with van der Waals surface area (Å²) < 4.78 is 0. The lowest BCUT2D eigenvalue weighted by atomic mass is 10.0. The quantitative estimate of drug-likeness (QED) is 0.261. The molecule has 2 N–H and O–H groups in total. The molecule has 41 heavy (non-hydrogen) atoms. The maximum absolute atomic E-state index is 13.7. The molecule has 10 nitrogen and oxygen atoms in total. The SMILES string of the molecule is CC1CN(C(=O)C(Cc2ccccc2)NC(=O)c2ccc([N+](=O)[O-])cc2Cl)CCN1C(=O)Nc1ccc(Cl)c(Cl)c1. The van der Waals surface area contributed by atoms with E-state index in [1.165, 1.54) is 12.1 Å². The van der Waals surface area contributed by atoms with Crippen LogP contribution in [-0.2, 0) is 11.2 Å². The summed E-state index contributed by atoms with van der Waals surface area (Å²) >= 11 is 18.2. The van der Waals surface area contributed by atoms with Gasteiger partial charge in [0.1, 0.15) is 6.04 Å². The summed E-state index contributed by atoms with van der Waals surface area (Å²) in [4.78, 5) is 53.5. The molecule has 1 aliphatic heterocycles. The van der Waals surface area contributed by atoms with Crippen molar-refractivity contribution >= 4 is 64.0 Å². The summed E-state index contributed by atoms with van der Waals surface area (Å²) in [5, 5.41) is 17.2. The molecule has 0 saturated carbocycles. The van der Waals surface area contributed by atoms with Gasteiger partial charge in [-0.15, -0.1) is 0 Å². The molecule has 0 radical (unpaired) electrons. The molecule has 1 aliphatic rings. The number of hydrogen-bond donors (Lipinski definition) is 2. The summed E-state index contributed by atoms with van der Waals surface area (Å²) in [6.45, 7) is 2.58. The minimum absolute atomic E-state index is 0.0142. The Morgan fingerprint density at radius 2 is 1.71 bits per heavy atom. The number of benzene rings is 3. The van der Waals surface area contributed by atoms with Gasteiger partial charge in [-0.05, 0) is 36.8 Å². The maximum Gasteiger partial charge on any atom is 0.322 e. The minimum atomic E-state index is -0.944. The number of piperazine rings is 1. The fourth-order valence-electron chi connectivity index (χ4n) is 4.54. The van der Waals surface area contributed by atoms with Crippen LogP contribution in [-0.4, -0.2) is 64.3 Å². The zero-order chi connectivity index (χ0) is 29.7. The van der Waals surface area contributed by atoms with Crippen LogP contribution in [0.2, 0.25) is 15.1 Å². The van der Waals surface area contributed by atoms with Gasteiger partial charge >= 0.3 is 6.03 Å². The first-order valence-corrected chi connectivity index (χ1v) is 13.8. The van der Waals surface area contributed by atoms with Gasteiger partial charge in [-0.3, -0.25) is 19.7 Å². The molecule has 2 atom stereocenters. The Morgan fingerprint density at radius 1 is 0.976 bits per heavy atom. The highest BCUT2D eigenvalue weighted by Crippen LogP contribution is 2.26. The molecule has 1 heterocycles. The van der Waals surface area contributed by atoms with Gasteiger partial charge in [-0.2, -0.15) is 0 Å². The van der Waals surface area contributed by atoms with Gasteiger partial charge in [-0.1, -0.05) is 65.1 Å². The molecule has 13 heteroatoms. The first-order valence-electron chi connectivity index (χ1n) is 12.6. The van der Waals surface area contributed by atoms with E-state index in [-0.39, 0.29) is 60.3 Å². The van der Waals surface area contributed by atoms with Crippen molar-refractivity contribution in [2.75, 3.05) is 25.0 Å². The standard InChI is InChI=1S/C28H26Cl3N5O5/c1-17-16-34(11-12-35(17)28(39)32-19-7-10-22(29)24(31)14-19)27(38)25(13-18-5-3-2-4-6-18)33-26(37)21-9-8-20(36(40)41)15-23(21)30/h2-10,14-15,17,25H,11-13,16H2,1H3,(H,32,39)(H,33,37). The molecule has 4 amide bonds. The van der Waals surface area contributed by atoms with E-state index in [1.54, 1.807) is 28.0 Å². The topological polar surface area (TPSA) is 125 Å². The highest BCUT2D eigenvalue weighted by Gasteiger charge is 2.34. The number of nitrogens with zero attached hydrogens (tertiary/aromatic N) is 3. The molecule has 3 aromatic rings. The molecular formula is C28H26Cl3N5O5. The largest absolute Gasteiger partial charge is 0.340 e. The van der Waals surface area contributed by atoms with Gasteiger partial charge < -0.3 is 20.4 Å². The lowest BCUT2D eigenvalue weighted by Gasteiger charge is -2.41. The fraction of sp³-hybridized carbons (Fsp3) is 0.250. The predicted molar refractivity (Wildman–Crippen MR) is 158 cm³/mol. The van der Waals surface area contributed by atoms with E-state index in [0.717, 1.165) is 11.6 Å². The average Bonchev–Trinajstić information content (AvgIpc) is 2.94. The third kappa shape index (κ3) is 7.46. The normalized spacial score (nSPS) is 15.7. The Labute approximate surface area is 251 Å². The van der Waals surface area contributed by atoms with E-state index in [1.807, 2.05) is 37.3 Å². The van der Waals surface area contributed by atoms with Gasteiger partial charge in [-0.25, -0.2) is 4.79 Å². The molecule has 4 rings (SSSR count). The number of non-ortho nitro benzene ring substituents is 1. The summed E-state index contributed by atoms with van der Waals surface area (Å²) in [6, 6.07) is 15.9. The third-order valence-electron chi connectivity index (χ3n) is 6.67. The number of halogens is 3. The molecule has 2 unspecified atom stereocenters. The van der Waals surface area contributed by atoms with Gasteiger partial charge in [0.2, 0.25) is 5.91 Å². The second kappa shape index (κ2) is 13.2. The molecule has 1 saturated heterocycles. The minimum Gasteiger partial charge on any atom is -0.340 e. The first-order chi connectivity index (χ1) is 19.5. The monoisotopic (exact) mass is 617 g/mol. The Hall–Kier alpha value is -3.86. The van der Waals surface area contributed by atoms with Crippen molar-refractivity contribution < 1.29 is 19.3 Å². The summed E-state index contributed by atoms with van der Waals surface area (Å²) in [5.41, 5.74) is 1.08. The number of urea groups is 1. The second-order valence-corrected chi connectivity index (χ2v) is 10.7. The van der Waals surface area contributed by atoms with Crippen LogP contribution < -0.4 is 10.6 Å². The van der Waals surface area contributed by atoms with Crippen molar-refractivity contribution in [3.8, 4) is 0 Å². The number of hydrogen-bond acceptors (Lipinski definition) is 5. The average molecular weight is 619 g/mol. The molecule has 0 bridgehead atoms. The lowest BCUT2D eigenvalue weighted by molar-refractivity contribution is -0.384. The van der Waals surface area contributed by atoms with E-state index >= 15 is 0 Å². The van der Waals surface area contributed by atoms with Crippen molar-refractivity contribution in [2.24, 2.45) is 0 Å². The number of nitro groups is 1. The Kier molecular flexibility index (Phi) is 9.69. The van der Waals surface area contributed by atoms with Gasteiger partial charge in [0.05, 0.1) is 25.6 Å². The van der Waals surface area contributed by atoms with Crippen LogP contribution in [0.15, 0.2) is 66.7 Å². The Morgan fingerprint density at radius 3 is 2.34 bits per heavy atom. The van der Waals surface area contributed by atoms with Crippen LogP contribution in [0, 0.1) is 10.1 Å². The number of carbonyl (C=O) groups excluding carboxylic acids is 3. The maximum atomic E-state index is 13.7. The number of rotatable bonds is 7. The number of nitro benzene ring substituents is 1. The van der Waals surface area contributed by atoms with Crippen LogP contribution in [0.4, 0.5) is 16.2 Å². The summed E-state index contributed by atoms with van der Waals surface area (Å²) in [5.74, 6) is -0.955. The van der Waals surface area contributed by atoms with Crippen LogP contribution in [0.25, 0.3) is 0 Å². The molecule has 214 valence electrons. The van der Waals surface area contributed by atoms with Crippen LogP contribution in [0.1, 0.15) is 22.8 Å². The molecule has 1 fully saturated rings. The van der Waals surface area contributed by atoms with Gasteiger partial charge in [0.25, 0.3) is 11.6 Å². The molecule has 0 spiro atoms. The van der Waals surface area contributed by atoms with Gasteiger partial charge in [0.15, 0.2) is 0 Å². The Bertz CT molecular complexity index is 1470. The summed E-state index contributed by atoms with van der Waals surface area (Å²) in [6.07, 6.45) is 0.211. The zero-order valence-corrected chi connectivity index (χ0v) is 24.1. The highest BCUT2D eigenvalue weighted by atomic mass is 35.5. The van der Waals surface area contributed by atoms with E-state index in [9.17, 15) is 24.5 Å². The molecule has 0 aliphatic carbocycles. The van der Waals surface area contributed by atoms with E-state index in [4.69, 9.17) is 34.8 Å². The number of anilines is 1. The van der Waals surface area contributed by atoms with Crippen molar-refractivity contribution in [3.05, 3.63) is 103 Å². The van der Waals surface area contributed by atoms with Crippen molar-refractivity contribution in [2.45, 2.75) is 25.4 Å². The molecule has 0 aromatic heterocycles. The number of carbonyl (C=O) groups is 3.